The van der Waals surface area contributed by atoms with E-state index in [-0.39, 0.29) is 11.8 Å². The second kappa shape index (κ2) is 9.07. The Hall–Kier alpha value is -2.91. The monoisotopic (exact) mass is 457 g/mol. The molecule has 0 unspecified atom stereocenters. The molecule has 0 aliphatic carbocycles. The van der Waals surface area contributed by atoms with E-state index in [2.05, 4.69) is 4.98 Å². The zero-order valence-electron chi connectivity index (χ0n) is 17.6. The van der Waals surface area contributed by atoms with Gasteiger partial charge in [0.25, 0.3) is 11.8 Å². The van der Waals surface area contributed by atoms with Crippen LogP contribution in [0.15, 0.2) is 35.0 Å². The molecule has 3 aromatic rings. The van der Waals surface area contributed by atoms with Gasteiger partial charge in [0.2, 0.25) is 0 Å². The van der Waals surface area contributed by atoms with Gasteiger partial charge in [-0.1, -0.05) is 0 Å². The van der Waals surface area contributed by atoms with Crippen LogP contribution < -0.4 is 9.47 Å². The number of rotatable bonds is 5. The highest BCUT2D eigenvalue weighted by molar-refractivity contribution is 7.17. The third kappa shape index (κ3) is 4.28. The van der Waals surface area contributed by atoms with Gasteiger partial charge in [-0.15, -0.1) is 11.3 Å². The van der Waals surface area contributed by atoms with Crippen molar-refractivity contribution in [2.75, 3.05) is 40.4 Å². The van der Waals surface area contributed by atoms with Gasteiger partial charge in [0, 0.05) is 43.2 Å². The van der Waals surface area contributed by atoms with Gasteiger partial charge in [-0.3, -0.25) is 9.59 Å². The number of carbonyl (C=O) groups is 2. The number of benzene rings is 1. The van der Waals surface area contributed by atoms with Crippen LogP contribution in [-0.4, -0.2) is 67.0 Å². The van der Waals surface area contributed by atoms with Crippen LogP contribution in [0.3, 0.4) is 0 Å². The smallest absolute Gasteiger partial charge is 0.265 e. The molecule has 3 heterocycles. The van der Waals surface area contributed by atoms with Gasteiger partial charge in [0.05, 0.1) is 25.5 Å². The molecule has 0 bridgehead atoms. The van der Waals surface area contributed by atoms with Crippen LogP contribution >= 0.6 is 22.7 Å². The van der Waals surface area contributed by atoms with E-state index in [1.165, 1.54) is 18.4 Å². The molecule has 1 aliphatic heterocycles. The van der Waals surface area contributed by atoms with Crippen molar-refractivity contribution >= 4 is 34.5 Å². The minimum absolute atomic E-state index is 0.0226. The maximum absolute atomic E-state index is 13.1. The summed E-state index contributed by atoms with van der Waals surface area (Å²) >= 11 is 3.04. The Labute approximate surface area is 188 Å². The lowest BCUT2D eigenvalue weighted by Crippen LogP contribution is -2.50. The minimum atomic E-state index is -0.111. The van der Waals surface area contributed by atoms with Crippen molar-refractivity contribution in [1.82, 2.24) is 14.8 Å². The number of piperazine rings is 1. The van der Waals surface area contributed by atoms with Crippen LogP contribution in [0.2, 0.25) is 0 Å². The van der Waals surface area contributed by atoms with E-state index in [0.717, 1.165) is 16.3 Å². The first-order valence-corrected chi connectivity index (χ1v) is 11.6. The minimum Gasteiger partial charge on any atom is -0.497 e. The molecule has 0 N–H and O–H groups in total. The fourth-order valence-corrected chi connectivity index (χ4v) is 5.25. The number of aryl methyl sites for hydroxylation is 1. The van der Waals surface area contributed by atoms with Crippen molar-refractivity contribution < 1.29 is 19.1 Å². The average molecular weight is 458 g/mol. The summed E-state index contributed by atoms with van der Waals surface area (Å²) in [5, 5.41) is 4.90. The number of methoxy groups -OCH3 is 2. The Balaban J connectivity index is 1.43. The number of thiophene rings is 1. The van der Waals surface area contributed by atoms with Gasteiger partial charge >= 0.3 is 0 Å². The SMILES string of the molecule is COc1ccc(C(=O)N2CCN(C(=O)c3sc(-c4ccsc4)nc3C)CC2)c(OC)c1. The first-order valence-electron chi connectivity index (χ1n) is 9.82. The van der Waals surface area contributed by atoms with Crippen molar-refractivity contribution in [2.45, 2.75) is 6.92 Å². The fraction of sp³-hybridized carbons (Fsp3) is 0.318. The quantitative estimate of drug-likeness (QED) is 0.583. The van der Waals surface area contributed by atoms with Crippen LogP contribution in [0, 0.1) is 6.92 Å². The maximum atomic E-state index is 13.1. The Morgan fingerprint density at radius 3 is 2.32 bits per heavy atom. The molecular formula is C22H23N3O4S2. The Morgan fingerprint density at radius 2 is 1.71 bits per heavy atom. The molecule has 1 fully saturated rings. The first-order chi connectivity index (χ1) is 15.0. The molecule has 0 atom stereocenters. The van der Waals surface area contributed by atoms with E-state index < -0.39 is 0 Å². The van der Waals surface area contributed by atoms with Crippen LogP contribution in [0.4, 0.5) is 0 Å². The van der Waals surface area contributed by atoms with Gasteiger partial charge in [0.1, 0.15) is 21.4 Å². The van der Waals surface area contributed by atoms with Crippen LogP contribution in [0.5, 0.6) is 11.5 Å². The van der Waals surface area contributed by atoms with Gasteiger partial charge in [-0.2, -0.15) is 11.3 Å². The van der Waals surface area contributed by atoms with Crippen molar-refractivity contribution in [1.29, 1.82) is 0 Å². The Kier molecular flexibility index (Phi) is 6.24. The zero-order chi connectivity index (χ0) is 22.0. The van der Waals surface area contributed by atoms with E-state index in [1.807, 2.05) is 23.8 Å². The van der Waals surface area contributed by atoms with Gasteiger partial charge < -0.3 is 19.3 Å². The lowest BCUT2D eigenvalue weighted by atomic mass is 10.1. The molecule has 1 saturated heterocycles. The standard InChI is InChI=1S/C22H23N3O4S2/c1-14-19(31-20(23-14)15-6-11-30-13-15)22(27)25-9-7-24(8-10-25)21(26)17-5-4-16(28-2)12-18(17)29-3/h4-6,11-13H,7-10H2,1-3H3. The summed E-state index contributed by atoms with van der Waals surface area (Å²) in [6.07, 6.45) is 0. The van der Waals surface area contributed by atoms with Gasteiger partial charge in [0.15, 0.2) is 0 Å². The van der Waals surface area contributed by atoms with Crippen molar-refractivity contribution in [3.05, 3.63) is 51.2 Å². The fourth-order valence-electron chi connectivity index (χ4n) is 3.51. The molecule has 0 spiro atoms. The predicted octanol–water partition coefficient (Wildman–Crippen LogP) is 3.80. The summed E-state index contributed by atoms with van der Waals surface area (Å²) in [4.78, 5) is 34.9. The molecule has 0 radical (unpaired) electrons. The summed E-state index contributed by atoms with van der Waals surface area (Å²) in [5.74, 6) is 0.973. The molecule has 0 saturated carbocycles. The zero-order valence-corrected chi connectivity index (χ0v) is 19.2. The molecule has 9 heteroatoms. The normalized spacial score (nSPS) is 13.9. The highest BCUT2D eigenvalue weighted by atomic mass is 32.1. The second-order valence-corrected chi connectivity index (χ2v) is 8.88. The molecule has 31 heavy (non-hydrogen) atoms. The van der Waals surface area contributed by atoms with E-state index in [9.17, 15) is 9.59 Å². The van der Waals surface area contributed by atoms with Crippen LogP contribution in [0.25, 0.3) is 10.6 Å². The highest BCUT2D eigenvalue weighted by Gasteiger charge is 2.29. The number of thiazole rings is 1. The number of nitrogens with zero attached hydrogens (tertiary/aromatic N) is 3. The molecule has 4 rings (SSSR count). The number of hydrogen-bond donors (Lipinski definition) is 0. The highest BCUT2D eigenvalue weighted by Crippen LogP contribution is 2.31. The van der Waals surface area contributed by atoms with Crippen LogP contribution in [0.1, 0.15) is 25.7 Å². The summed E-state index contributed by atoms with van der Waals surface area (Å²) in [7, 11) is 3.10. The molecule has 1 aliphatic rings. The molecule has 1 aromatic carbocycles. The molecule has 7 nitrogen and oxygen atoms in total. The van der Waals surface area contributed by atoms with Crippen molar-refractivity contribution in [3.8, 4) is 22.1 Å². The summed E-state index contributed by atoms with van der Waals surface area (Å²) < 4.78 is 10.6. The third-order valence-corrected chi connectivity index (χ3v) is 7.13. The predicted molar refractivity (Wildman–Crippen MR) is 122 cm³/mol. The first kappa shape index (κ1) is 21.3. The number of hydrogen-bond acceptors (Lipinski definition) is 7. The topological polar surface area (TPSA) is 72.0 Å². The maximum Gasteiger partial charge on any atom is 0.265 e. The van der Waals surface area contributed by atoms with Gasteiger partial charge in [-0.25, -0.2) is 4.98 Å². The average Bonchev–Trinajstić information content (AvgIpc) is 3.47. The number of carbonyl (C=O) groups excluding carboxylic acids is 2. The van der Waals surface area contributed by atoms with E-state index in [4.69, 9.17) is 9.47 Å². The summed E-state index contributed by atoms with van der Waals surface area (Å²) in [6, 6.07) is 7.16. The molecular weight excluding hydrogens is 434 g/mol. The molecule has 162 valence electrons. The number of aromatic nitrogens is 1. The summed E-state index contributed by atoms with van der Waals surface area (Å²) in [6.45, 7) is 3.77. The summed E-state index contributed by atoms with van der Waals surface area (Å²) in [5.41, 5.74) is 2.28. The van der Waals surface area contributed by atoms with E-state index in [0.29, 0.717) is 48.1 Å². The lowest BCUT2D eigenvalue weighted by Gasteiger charge is -2.34. The van der Waals surface area contributed by atoms with Gasteiger partial charge in [-0.05, 0) is 30.5 Å². The molecule has 2 aromatic heterocycles. The number of ether oxygens (including phenoxy) is 2. The molecule has 2 amide bonds. The second-order valence-electron chi connectivity index (χ2n) is 7.10. The van der Waals surface area contributed by atoms with Crippen molar-refractivity contribution in [2.24, 2.45) is 0 Å². The van der Waals surface area contributed by atoms with E-state index in [1.54, 1.807) is 46.4 Å². The van der Waals surface area contributed by atoms with E-state index >= 15 is 0 Å². The Bertz CT molecular complexity index is 1090. The lowest BCUT2D eigenvalue weighted by molar-refractivity contribution is 0.0535. The van der Waals surface area contributed by atoms with Crippen LogP contribution in [-0.2, 0) is 0 Å². The largest absolute Gasteiger partial charge is 0.497 e. The number of amides is 2. The third-order valence-electron chi connectivity index (χ3n) is 5.25. The Morgan fingerprint density at radius 1 is 1.00 bits per heavy atom. The van der Waals surface area contributed by atoms with Crippen molar-refractivity contribution in [3.63, 3.8) is 0 Å².